The van der Waals surface area contributed by atoms with E-state index in [0.717, 1.165) is 132 Å². The van der Waals surface area contributed by atoms with Crippen molar-refractivity contribution < 1.29 is 4.42 Å². The number of hydrogen-bond donors (Lipinski definition) is 0. The van der Waals surface area contributed by atoms with E-state index in [2.05, 4.69) is 322 Å². The van der Waals surface area contributed by atoms with Gasteiger partial charge in [0.1, 0.15) is 11.2 Å². The molecule has 0 fully saturated rings. The first-order valence-corrected chi connectivity index (χ1v) is 37.7. The quantitative estimate of drug-likeness (QED) is 0.149. The summed E-state index contributed by atoms with van der Waals surface area (Å²) < 4.78 is 18.1. The van der Waals surface area contributed by atoms with E-state index < -0.39 is 0 Å². The Morgan fingerprint density at radius 3 is 1.25 bits per heavy atom. The molecular formula is C98H58N10OS. The van der Waals surface area contributed by atoms with Crippen LogP contribution in [0.5, 0.6) is 0 Å². The molecule has 24 rings (SSSR count). The van der Waals surface area contributed by atoms with E-state index in [0.29, 0.717) is 35.2 Å². The smallest absolute Gasteiger partial charge is 0.238 e. The summed E-state index contributed by atoms with van der Waals surface area (Å²) in [4.78, 5) is 31.6. The number of nitrogens with zero attached hydrogens (tertiary/aromatic N) is 10. The van der Waals surface area contributed by atoms with Crippen molar-refractivity contribution in [2.24, 2.45) is 0 Å². The minimum Gasteiger partial charge on any atom is -0.456 e. The molecule has 16 aromatic carbocycles. The number of para-hydroxylation sites is 6. The van der Waals surface area contributed by atoms with Gasteiger partial charge in [0.15, 0.2) is 23.3 Å². The van der Waals surface area contributed by atoms with Gasteiger partial charge in [-0.05, 0) is 137 Å². The molecule has 0 unspecified atom stereocenters. The predicted molar refractivity (Wildman–Crippen MR) is 454 cm³/mol. The van der Waals surface area contributed by atoms with Crippen molar-refractivity contribution >= 4 is 162 Å². The molecule has 0 radical (unpaired) electrons. The molecule has 0 aliphatic rings. The molecule has 0 N–H and O–H groups in total. The van der Waals surface area contributed by atoms with Crippen LogP contribution in [0.3, 0.4) is 0 Å². The van der Waals surface area contributed by atoms with Crippen molar-refractivity contribution in [2.75, 3.05) is 0 Å². The molecule has 0 saturated heterocycles. The first kappa shape index (κ1) is 61.6. The van der Waals surface area contributed by atoms with Crippen molar-refractivity contribution in [1.29, 1.82) is 0 Å². The lowest BCUT2D eigenvalue weighted by atomic mass is 10.1. The monoisotopic (exact) mass is 1420 g/mol. The van der Waals surface area contributed by atoms with Crippen molar-refractivity contribution in [3.8, 4) is 68.8 Å². The Kier molecular flexibility index (Phi) is 13.7. The third-order valence-corrected chi connectivity index (χ3v) is 23.1. The molecule has 0 bridgehead atoms. The van der Waals surface area contributed by atoms with Crippen molar-refractivity contribution in [3.05, 3.63) is 352 Å². The van der Waals surface area contributed by atoms with E-state index in [-0.39, 0.29) is 0 Å². The Labute approximate surface area is 631 Å². The van der Waals surface area contributed by atoms with Gasteiger partial charge in [-0.15, -0.1) is 11.3 Å². The lowest BCUT2D eigenvalue weighted by molar-refractivity contribution is 0.669. The van der Waals surface area contributed by atoms with E-state index in [1.165, 1.54) is 52.6 Å². The lowest BCUT2D eigenvalue weighted by Crippen LogP contribution is -2.06. The summed E-state index contributed by atoms with van der Waals surface area (Å²) in [5.74, 6) is 3.59. The first-order chi connectivity index (χ1) is 54.5. The number of aromatic nitrogens is 10. The molecule has 110 heavy (non-hydrogen) atoms. The fraction of sp³-hybridized carbons (Fsp3) is 0. The summed E-state index contributed by atoms with van der Waals surface area (Å²) in [5.41, 5.74) is 16.4. The van der Waals surface area contributed by atoms with Crippen LogP contribution in [0.15, 0.2) is 356 Å². The third kappa shape index (κ3) is 9.69. The van der Waals surface area contributed by atoms with Gasteiger partial charge in [-0.2, -0.15) is 19.9 Å². The van der Waals surface area contributed by atoms with Crippen LogP contribution < -0.4 is 0 Å². The Morgan fingerprint density at radius 1 is 0.218 bits per heavy atom. The predicted octanol–water partition coefficient (Wildman–Crippen LogP) is 25.4. The zero-order valence-corrected chi connectivity index (χ0v) is 59.6. The number of rotatable bonds is 8. The second-order valence-corrected chi connectivity index (χ2v) is 29.2. The summed E-state index contributed by atoms with van der Waals surface area (Å²) in [6, 6.07) is 124. The number of hydrogen-bond acceptors (Lipinski definition) is 8. The van der Waals surface area contributed by atoms with E-state index >= 15 is 0 Å². The van der Waals surface area contributed by atoms with Gasteiger partial charge in [0.05, 0.1) is 44.1 Å². The van der Waals surface area contributed by atoms with E-state index in [4.69, 9.17) is 34.3 Å². The third-order valence-electron chi connectivity index (χ3n) is 21.9. The fourth-order valence-corrected chi connectivity index (χ4v) is 18.0. The molecule has 24 aromatic rings. The van der Waals surface area contributed by atoms with Crippen LogP contribution in [0.25, 0.3) is 220 Å². The second kappa shape index (κ2) is 24.4. The Morgan fingerprint density at radius 2 is 0.636 bits per heavy atom. The molecule has 0 atom stereocenters. The summed E-state index contributed by atoms with van der Waals surface area (Å²) >= 11 is 1.81. The van der Waals surface area contributed by atoms with Crippen LogP contribution in [0, 0.1) is 0 Å². The largest absolute Gasteiger partial charge is 0.456 e. The average molecular weight is 1420 g/mol. The van der Waals surface area contributed by atoms with E-state index in [1.807, 2.05) is 59.9 Å². The minimum atomic E-state index is 0.551. The van der Waals surface area contributed by atoms with Gasteiger partial charge in [0, 0.05) is 108 Å². The Hall–Kier alpha value is -14.7. The Balaban J connectivity index is 0.000000132. The van der Waals surface area contributed by atoms with Crippen LogP contribution >= 0.6 is 11.3 Å². The maximum Gasteiger partial charge on any atom is 0.238 e. The van der Waals surface area contributed by atoms with Crippen LogP contribution in [0.2, 0.25) is 0 Å². The molecule has 8 heterocycles. The highest BCUT2D eigenvalue weighted by molar-refractivity contribution is 7.25. The number of thiophene rings is 1. The molecular weight excluding hydrogens is 1370 g/mol. The summed E-state index contributed by atoms with van der Waals surface area (Å²) in [6.07, 6.45) is 0. The highest BCUT2D eigenvalue weighted by Crippen LogP contribution is 2.45. The molecule has 12 heteroatoms. The molecule has 8 aromatic heterocycles. The second-order valence-electron chi connectivity index (χ2n) is 28.1. The van der Waals surface area contributed by atoms with Gasteiger partial charge in [-0.3, -0.25) is 9.13 Å². The molecule has 0 amide bonds. The van der Waals surface area contributed by atoms with Crippen molar-refractivity contribution in [2.45, 2.75) is 0 Å². The SMILES string of the molecule is c1ccc(-c2nc(-c3ccc4sc5ccccc5c4c3)nc(-n3c4ccccc4c4cc5c(cc43)c3ccccc3n5-c3ccc4ccccc4c3)n2)cc1.c1ccc(-n2c3ccccc3c3cc4c(cc32)c2ccccc2n4-c2nc(-c3ccc4ccccc4c3)nc(-c3cccc4oc5ccccc5c34)n2)cc1. The van der Waals surface area contributed by atoms with Crippen molar-refractivity contribution in [1.82, 2.24) is 48.2 Å². The normalized spacial score (nSPS) is 12.0. The van der Waals surface area contributed by atoms with Gasteiger partial charge in [0.25, 0.3) is 0 Å². The summed E-state index contributed by atoms with van der Waals surface area (Å²) in [7, 11) is 0. The lowest BCUT2D eigenvalue weighted by Gasteiger charge is -2.12. The topological polar surface area (TPSA) is 110 Å². The molecule has 0 aliphatic heterocycles. The highest BCUT2D eigenvalue weighted by Gasteiger charge is 2.26. The van der Waals surface area contributed by atoms with Crippen LogP contribution in [0.4, 0.5) is 0 Å². The van der Waals surface area contributed by atoms with Crippen LogP contribution in [0.1, 0.15) is 0 Å². The van der Waals surface area contributed by atoms with Crippen molar-refractivity contribution in [3.63, 3.8) is 0 Å². The molecule has 0 saturated carbocycles. The highest BCUT2D eigenvalue weighted by atomic mass is 32.1. The number of benzene rings is 16. The molecule has 11 nitrogen and oxygen atoms in total. The first-order valence-electron chi connectivity index (χ1n) is 36.9. The minimum absolute atomic E-state index is 0.551. The van der Waals surface area contributed by atoms with Gasteiger partial charge in [0.2, 0.25) is 11.9 Å². The van der Waals surface area contributed by atoms with Gasteiger partial charge < -0.3 is 13.6 Å². The fourth-order valence-electron chi connectivity index (χ4n) is 16.9. The van der Waals surface area contributed by atoms with Gasteiger partial charge in [-0.1, -0.05) is 237 Å². The van der Waals surface area contributed by atoms with Crippen LogP contribution in [-0.4, -0.2) is 48.2 Å². The number of furan rings is 1. The van der Waals surface area contributed by atoms with E-state index in [1.54, 1.807) is 0 Å². The van der Waals surface area contributed by atoms with Gasteiger partial charge >= 0.3 is 0 Å². The Bertz CT molecular complexity index is 7940. The average Bonchev–Trinajstić information content (AvgIpc) is 1.56. The standard InChI is InChI=1S/C49H29N5O.C49H29N5S/c1-2-15-33(16-3-1)53-40-21-9-6-17-34(40)38-29-43-39(28-42(38)53)35-18-7-10-22-41(35)54(43)49-51-47(32-26-25-30-13-4-5-14-31(30)27-32)50-48(52-49)37-20-12-24-45-46(37)36-19-8-11-23-44(36)55-45;1-2-13-31(14-3-1)47-50-48(33-23-25-46-40(27-33)37-18-8-11-21-45(37)55-46)52-49(51-47)54-42-20-10-7-17-36(42)39-28-43-38(29-44(39)54)35-16-6-9-19-41(35)53(43)34-24-22-30-12-4-5-15-32(30)26-34/h2*1-29H. The summed E-state index contributed by atoms with van der Waals surface area (Å²) in [6.45, 7) is 0. The molecule has 0 spiro atoms. The maximum atomic E-state index is 6.33. The zero-order chi connectivity index (χ0) is 72.1. The number of fused-ring (bicyclic) bond motifs is 20. The maximum absolute atomic E-state index is 6.33. The van der Waals surface area contributed by atoms with Crippen LogP contribution in [-0.2, 0) is 0 Å². The molecule has 512 valence electrons. The van der Waals surface area contributed by atoms with E-state index in [9.17, 15) is 0 Å². The van der Waals surface area contributed by atoms with Gasteiger partial charge in [-0.25, -0.2) is 9.97 Å². The zero-order valence-electron chi connectivity index (χ0n) is 58.8. The molecule has 0 aliphatic carbocycles. The summed E-state index contributed by atoms with van der Waals surface area (Å²) in [5, 5.41) is 18.5.